The predicted molar refractivity (Wildman–Crippen MR) is 72.7 cm³/mol. The first-order valence-corrected chi connectivity index (χ1v) is 6.71. The van der Waals surface area contributed by atoms with Crippen LogP contribution in [0.1, 0.15) is 62.6 Å². The van der Waals surface area contributed by atoms with Crippen LogP contribution < -0.4 is 0 Å². The van der Waals surface area contributed by atoms with E-state index in [4.69, 9.17) is 0 Å². The Morgan fingerprint density at radius 1 is 1.39 bits per heavy atom. The molecule has 1 aromatic rings. The molecule has 0 bridgehead atoms. The van der Waals surface area contributed by atoms with Crippen molar-refractivity contribution >= 4 is 5.91 Å². The molecule has 2 rings (SSSR count). The van der Waals surface area contributed by atoms with Crippen LogP contribution in [0.15, 0.2) is 18.2 Å². The van der Waals surface area contributed by atoms with Crippen molar-refractivity contribution in [1.82, 2.24) is 9.88 Å². The third-order valence-corrected chi connectivity index (χ3v) is 3.73. The Bertz CT molecular complexity index is 452. The third-order valence-electron chi connectivity index (χ3n) is 3.73. The van der Waals surface area contributed by atoms with E-state index in [0.717, 1.165) is 25.1 Å². The monoisotopic (exact) mass is 246 g/mol. The van der Waals surface area contributed by atoms with Gasteiger partial charge in [0.1, 0.15) is 5.69 Å². The highest BCUT2D eigenvalue weighted by Crippen LogP contribution is 2.29. The summed E-state index contributed by atoms with van der Waals surface area (Å²) in [5.41, 5.74) is 1.53. The quantitative estimate of drug-likeness (QED) is 0.802. The molecule has 0 aliphatic carbocycles. The van der Waals surface area contributed by atoms with Gasteiger partial charge in [-0.3, -0.25) is 4.79 Å². The number of carbonyl (C=O) groups is 1. The zero-order valence-corrected chi connectivity index (χ0v) is 11.7. The lowest BCUT2D eigenvalue weighted by atomic mass is 10.0. The minimum absolute atomic E-state index is 0.0351. The molecule has 1 fully saturated rings. The largest absolute Gasteiger partial charge is 0.332 e. The van der Waals surface area contributed by atoms with Gasteiger partial charge in [0.25, 0.3) is 5.91 Å². The first-order chi connectivity index (χ1) is 8.42. The second kappa shape index (κ2) is 4.71. The number of amides is 1. The molecule has 0 atom stereocenters. The fourth-order valence-corrected chi connectivity index (χ4v) is 2.51. The Morgan fingerprint density at radius 3 is 2.67 bits per heavy atom. The van der Waals surface area contributed by atoms with Crippen LogP contribution >= 0.6 is 0 Å². The minimum atomic E-state index is -0.0351. The molecule has 1 saturated heterocycles. The van der Waals surface area contributed by atoms with Crippen molar-refractivity contribution in [3.05, 3.63) is 29.6 Å². The van der Waals surface area contributed by atoms with E-state index < -0.39 is 0 Å². The van der Waals surface area contributed by atoms with E-state index in [-0.39, 0.29) is 11.4 Å². The normalized spacial score (nSPS) is 18.4. The maximum atomic E-state index is 12.5. The van der Waals surface area contributed by atoms with E-state index in [1.165, 1.54) is 0 Å². The molecule has 0 aromatic carbocycles. The zero-order valence-electron chi connectivity index (χ0n) is 11.7. The highest BCUT2D eigenvalue weighted by Gasteiger charge is 2.36. The molecule has 2 heterocycles. The molecule has 0 saturated carbocycles. The average molecular weight is 246 g/mol. The molecule has 1 aliphatic heterocycles. The molecule has 1 aromatic heterocycles. The molecule has 0 N–H and O–H groups in total. The lowest BCUT2D eigenvalue weighted by Crippen LogP contribution is -2.43. The lowest BCUT2D eigenvalue weighted by molar-refractivity contribution is 0.0645. The molecule has 0 radical (unpaired) electrons. The molecular weight excluding hydrogens is 224 g/mol. The van der Waals surface area contributed by atoms with Crippen LogP contribution in [0.4, 0.5) is 0 Å². The Balaban J connectivity index is 2.26. The highest BCUT2D eigenvalue weighted by molar-refractivity contribution is 5.93. The maximum absolute atomic E-state index is 12.5. The smallest absolute Gasteiger partial charge is 0.272 e. The standard InChI is InChI=1S/C15H22N2O/c1-11(2)12-7-5-8-13(16-12)14(18)17-10-6-9-15(17,3)4/h5,7-8,11H,6,9-10H2,1-4H3. The van der Waals surface area contributed by atoms with Crippen LogP contribution in [0.3, 0.4) is 0 Å². The summed E-state index contributed by atoms with van der Waals surface area (Å²) in [6, 6.07) is 5.73. The van der Waals surface area contributed by atoms with Crippen LogP contribution in [-0.2, 0) is 0 Å². The van der Waals surface area contributed by atoms with Crippen LogP contribution in [0, 0.1) is 0 Å². The minimum Gasteiger partial charge on any atom is -0.332 e. The highest BCUT2D eigenvalue weighted by atomic mass is 16.2. The van der Waals surface area contributed by atoms with E-state index in [2.05, 4.69) is 32.7 Å². The summed E-state index contributed by atoms with van der Waals surface area (Å²) in [7, 11) is 0. The molecule has 3 nitrogen and oxygen atoms in total. The average Bonchev–Trinajstić information content (AvgIpc) is 2.68. The Kier molecular flexibility index (Phi) is 3.42. The Morgan fingerprint density at radius 2 is 2.11 bits per heavy atom. The first kappa shape index (κ1) is 13.1. The Labute approximate surface area is 109 Å². The van der Waals surface area contributed by atoms with Crippen molar-refractivity contribution in [3.63, 3.8) is 0 Å². The van der Waals surface area contributed by atoms with Crippen molar-refractivity contribution < 1.29 is 4.79 Å². The zero-order chi connectivity index (χ0) is 13.3. The number of hydrogen-bond donors (Lipinski definition) is 0. The van der Waals surface area contributed by atoms with E-state index in [1.807, 2.05) is 23.1 Å². The molecule has 98 valence electrons. The SMILES string of the molecule is CC(C)c1cccc(C(=O)N2CCCC2(C)C)n1. The number of aromatic nitrogens is 1. The van der Waals surface area contributed by atoms with E-state index in [9.17, 15) is 4.79 Å². The lowest BCUT2D eigenvalue weighted by Gasteiger charge is -2.31. The summed E-state index contributed by atoms with van der Waals surface area (Å²) >= 11 is 0. The first-order valence-electron chi connectivity index (χ1n) is 6.71. The molecule has 1 amide bonds. The van der Waals surface area contributed by atoms with Gasteiger partial charge < -0.3 is 4.90 Å². The third kappa shape index (κ3) is 2.40. The molecular formula is C15H22N2O. The van der Waals surface area contributed by atoms with Crippen LogP contribution in [0.2, 0.25) is 0 Å². The molecule has 3 heteroatoms. The summed E-state index contributed by atoms with van der Waals surface area (Å²) < 4.78 is 0. The number of pyridine rings is 1. The van der Waals surface area contributed by atoms with Crippen LogP contribution in [0.25, 0.3) is 0 Å². The predicted octanol–water partition coefficient (Wildman–Crippen LogP) is 3.22. The van der Waals surface area contributed by atoms with Gasteiger partial charge in [0.05, 0.1) is 0 Å². The molecule has 0 spiro atoms. The van der Waals surface area contributed by atoms with Gasteiger partial charge >= 0.3 is 0 Å². The fourth-order valence-electron chi connectivity index (χ4n) is 2.51. The summed E-state index contributed by atoms with van der Waals surface area (Å²) in [5, 5.41) is 0. The van der Waals surface area contributed by atoms with Crippen molar-refractivity contribution in [2.24, 2.45) is 0 Å². The molecule has 18 heavy (non-hydrogen) atoms. The topological polar surface area (TPSA) is 33.2 Å². The Hall–Kier alpha value is -1.38. The number of hydrogen-bond acceptors (Lipinski definition) is 2. The van der Waals surface area contributed by atoms with E-state index in [1.54, 1.807) is 0 Å². The van der Waals surface area contributed by atoms with Crippen molar-refractivity contribution in [2.45, 2.75) is 52.0 Å². The summed E-state index contributed by atoms with van der Waals surface area (Å²) in [6.07, 6.45) is 2.16. The summed E-state index contributed by atoms with van der Waals surface area (Å²) in [5.74, 6) is 0.421. The number of nitrogens with zero attached hydrogens (tertiary/aromatic N) is 2. The fraction of sp³-hybridized carbons (Fsp3) is 0.600. The van der Waals surface area contributed by atoms with Crippen LogP contribution in [-0.4, -0.2) is 27.9 Å². The van der Waals surface area contributed by atoms with Crippen LogP contribution in [0.5, 0.6) is 0 Å². The van der Waals surface area contributed by atoms with Gasteiger partial charge in [0.15, 0.2) is 0 Å². The van der Waals surface area contributed by atoms with Crippen molar-refractivity contribution in [2.75, 3.05) is 6.54 Å². The van der Waals surface area contributed by atoms with Crippen molar-refractivity contribution in [1.29, 1.82) is 0 Å². The second-order valence-corrected chi connectivity index (χ2v) is 5.98. The van der Waals surface area contributed by atoms with Gasteiger partial charge in [-0.1, -0.05) is 19.9 Å². The van der Waals surface area contributed by atoms with Crippen molar-refractivity contribution in [3.8, 4) is 0 Å². The molecule has 1 aliphatic rings. The summed E-state index contributed by atoms with van der Waals surface area (Å²) in [4.78, 5) is 18.9. The van der Waals surface area contributed by atoms with Gasteiger partial charge in [-0.05, 0) is 44.7 Å². The number of rotatable bonds is 2. The summed E-state index contributed by atoms with van der Waals surface area (Å²) in [6.45, 7) is 9.29. The second-order valence-electron chi connectivity index (χ2n) is 5.98. The van der Waals surface area contributed by atoms with E-state index in [0.29, 0.717) is 11.6 Å². The molecule has 0 unspecified atom stereocenters. The van der Waals surface area contributed by atoms with Gasteiger partial charge in [-0.25, -0.2) is 4.98 Å². The maximum Gasteiger partial charge on any atom is 0.272 e. The number of likely N-dealkylation sites (tertiary alicyclic amines) is 1. The van der Waals surface area contributed by atoms with Gasteiger partial charge in [0, 0.05) is 17.8 Å². The van der Waals surface area contributed by atoms with Gasteiger partial charge in [-0.15, -0.1) is 0 Å². The van der Waals surface area contributed by atoms with Gasteiger partial charge in [-0.2, -0.15) is 0 Å². The van der Waals surface area contributed by atoms with Gasteiger partial charge in [0.2, 0.25) is 0 Å². The van der Waals surface area contributed by atoms with E-state index >= 15 is 0 Å². The number of carbonyl (C=O) groups excluding carboxylic acids is 1.